The van der Waals surface area contributed by atoms with E-state index in [1.165, 1.54) is 16.7 Å². The molecule has 1 N–H and O–H groups in total. The molecule has 0 amide bonds. The number of ether oxygens (including phenoxy) is 2. The van der Waals surface area contributed by atoms with Crippen LogP contribution < -0.4 is 0 Å². The monoisotopic (exact) mass is 508 g/mol. The molecule has 0 saturated carbocycles. The van der Waals surface area contributed by atoms with E-state index < -0.39 is 11.0 Å². The lowest BCUT2D eigenvalue weighted by Crippen LogP contribution is -2.41. The minimum Gasteiger partial charge on any atom is -0.508 e. The highest BCUT2D eigenvalue weighted by atomic mass is 16.6. The molecule has 4 rings (SSSR count). The van der Waals surface area contributed by atoms with Crippen molar-refractivity contribution < 1.29 is 24.2 Å². The predicted octanol–water partition coefficient (Wildman–Crippen LogP) is 6.61. The van der Waals surface area contributed by atoms with Crippen LogP contribution in [-0.4, -0.2) is 28.8 Å². The summed E-state index contributed by atoms with van der Waals surface area (Å²) in [6.45, 7) is 13.9. The number of hydrogen-bond acceptors (Lipinski definition) is 5. The number of rotatable bonds is 7. The Morgan fingerprint density at radius 3 is 2.05 bits per heavy atom. The van der Waals surface area contributed by atoms with Crippen LogP contribution in [0.2, 0.25) is 0 Å². The van der Waals surface area contributed by atoms with Gasteiger partial charge in [0.25, 0.3) is 0 Å². The van der Waals surface area contributed by atoms with E-state index in [-0.39, 0.29) is 29.7 Å². The van der Waals surface area contributed by atoms with E-state index >= 15 is 0 Å². The summed E-state index contributed by atoms with van der Waals surface area (Å²) in [5.41, 5.74) is 4.25. The van der Waals surface area contributed by atoms with Crippen LogP contribution in [0.4, 0.5) is 0 Å². The van der Waals surface area contributed by atoms with Crippen molar-refractivity contribution in [3.05, 3.63) is 64.7 Å². The first kappa shape index (κ1) is 28.7. The van der Waals surface area contributed by atoms with Crippen molar-refractivity contribution in [2.45, 2.75) is 98.7 Å². The van der Waals surface area contributed by atoms with Crippen LogP contribution in [0.25, 0.3) is 0 Å². The highest BCUT2D eigenvalue weighted by Crippen LogP contribution is 2.37. The van der Waals surface area contributed by atoms with Crippen molar-refractivity contribution in [3.63, 3.8) is 0 Å². The fraction of sp³-hybridized carbons (Fsp3) is 0.562. The quantitative estimate of drug-likeness (QED) is 0.426. The number of fused-ring (bicyclic) bond motifs is 2. The number of carbonyl (C=O) groups is 2. The normalized spacial score (nSPS) is 17.8. The molecule has 0 aliphatic heterocycles. The second kappa shape index (κ2) is 11.7. The zero-order valence-electron chi connectivity index (χ0n) is 23.6. The molecule has 5 heteroatoms. The second-order valence-corrected chi connectivity index (χ2v) is 11.8. The van der Waals surface area contributed by atoms with Crippen molar-refractivity contribution in [1.82, 2.24) is 0 Å². The van der Waals surface area contributed by atoms with Gasteiger partial charge in [0.15, 0.2) is 0 Å². The standard InChI is InChI=1S/C18H26O2.C14H18O3/c1-6-17(2,3)16(19)20-18(4,5)15-11-13-9-7-8-10-14(13)12-15;1-3-9(2)14(16)17-13-7-10-4-5-12(15)6-11(10)8-13/h7-10,15H,6,11-12H2,1-5H3;4-6,9,13,15H,3,7-8H2,1-2H3. The molecule has 0 radical (unpaired) electrons. The molecule has 2 aliphatic rings. The highest BCUT2D eigenvalue weighted by molar-refractivity contribution is 5.76. The zero-order chi connectivity index (χ0) is 27.4. The van der Waals surface area contributed by atoms with Crippen LogP contribution in [-0.2, 0) is 44.7 Å². The summed E-state index contributed by atoms with van der Waals surface area (Å²) in [4.78, 5) is 24.0. The molecule has 0 heterocycles. The highest BCUT2D eigenvalue weighted by Gasteiger charge is 2.40. The summed E-state index contributed by atoms with van der Waals surface area (Å²) in [6.07, 6.45) is 5.02. The fourth-order valence-corrected chi connectivity index (χ4v) is 4.75. The average molecular weight is 509 g/mol. The van der Waals surface area contributed by atoms with Gasteiger partial charge in [-0.15, -0.1) is 0 Å². The molecule has 5 nitrogen and oxygen atoms in total. The summed E-state index contributed by atoms with van der Waals surface area (Å²) in [5, 5.41) is 9.38. The Hall–Kier alpha value is -2.82. The maximum atomic E-state index is 12.3. The van der Waals surface area contributed by atoms with E-state index in [4.69, 9.17) is 9.47 Å². The number of phenols is 1. The number of esters is 2. The van der Waals surface area contributed by atoms with E-state index in [2.05, 4.69) is 24.3 Å². The van der Waals surface area contributed by atoms with Crippen molar-refractivity contribution in [2.24, 2.45) is 17.3 Å². The van der Waals surface area contributed by atoms with Gasteiger partial charge in [-0.3, -0.25) is 9.59 Å². The number of hydrogen-bond donors (Lipinski definition) is 1. The maximum Gasteiger partial charge on any atom is 0.312 e. The van der Waals surface area contributed by atoms with Crippen LogP contribution in [0.1, 0.15) is 83.6 Å². The molecular formula is C32H44O5. The van der Waals surface area contributed by atoms with Crippen molar-refractivity contribution in [2.75, 3.05) is 0 Å². The van der Waals surface area contributed by atoms with Gasteiger partial charge in [0.2, 0.25) is 0 Å². The van der Waals surface area contributed by atoms with Crippen LogP contribution in [0, 0.1) is 17.3 Å². The topological polar surface area (TPSA) is 72.8 Å². The molecule has 2 aliphatic carbocycles. The van der Waals surface area contributed by atoms with Gasteiger partial charge >= 0.3 is 11.9 Å². The number of carbonyl (C=O) groups excluding carboxylic acids is 2. The fourth-order valence-electron chi connectivity index (χ4n) is 4.75. The summed E-state index contributed by atoms with van der Waals surface area (Å²) in [7, 11) is 0. The van der Waals surface area contributed by atoms with Crippen molar-refractivity contribution in [3.8, 4) is 5.75 Å². The van der Waals surface area contributed by atoms with Gasteiger partial charge in [-0.05, 0) is 87.8 Å². The Morgan fingerprint density at radius 2 is 1.49 bits per heavy atom. The minimum absolute atomic E-state index is 0.0351. The second-order valence-electron chi connectivity index (χ2n) is 11.8. The lowest BCUT2D eigenvalue weighted by molar-refractivity contribution is -0.172. The maximum absolute atomic E-state index is 12.3. The summed E-state index contributed by atoms with van der Waals surface area (Å²) in [5.74, 6) is 0.414. The van der Waals surface area contributed by atoms with Gasteiger partial charge in [-0.1, -0.05) is 51.1 Å². The number of phenolic OH excluding ortho intramolecular Hbond substituents is 1. The zero-order valence-corrected chi connectivity index (χ0v) is 23.6. The Bertz CT molecular complexity index is 1080. The number of benzene rings is 2. The Balaban J connectivity index is 0.000000208. The molecule has 0 saturated heterocycles. The lowest BCUT2D eigenvalue weighted by Gasteiger charge is -2.34. The third kappa shape index (κ3) is 7.15. The summed E-state index contributed by atoms with van der Waals surface area (Å²) >= 11 is 0. The summed E-state index contributed by atoms with van der Waals surface area (Å²) in [6, 6.07) is 13.9. The molecule has 2 atom stereocenters. The molecule has 0 spiro atoms. The van der Waals surface area contributed by atoms with Gasteiger partial charge < -0.3 is 14.6 Å². The summed E-state index contributed by atoms with van der Waals surface area (Å²) < 4.78 is 11.3. The van der Waals surface area contributed by atoms with Crippen LogP contribution in [0.3, 0.4) is 0 Å². The van der Waals surface area contributed by atoms with Crippen LogP contribution >= 0.6 is 0 Å². The van der Waals surface area contributed by atoms with Gasteiger partial charge in [0, 0.05) is 18.8 Å². The molecule has 0 bridgehead atoms. The van der Waals surface area contributed by atoms with Crippen LogP contribution in [0.5, 0.6) is 5.75 Å². The third-order valence-electron chi connectivity index (χ3n) is 8.21. The van der Waals surface area contributed by atoms with E-state index in [1.54, 1.807) is 12.1 Å². The smallest absolute Gasteiger partial charge is 0.312 e. The van der Waals surface area contributed by atoms with Crippen molar-refractivity contribution >= 4 is 11.9 Å². The molecule has 0 aromatic heterocycles. The van der Waals surface area contributed by atoms with Crippen LogP contribution in [0.15, 0.2) is 42.5 Å². The largest absolute Gasteiger partial charge is 0.508 e. The lowest BCUT2D eigenvalue weighted by atomic mass is 9.86. The van der Waals surface area contributed by atoms with E-state index in [9.17, 15) is 14.7 Å². The van der Waals surface area contributed by atoms with Crippen molar-refractivity contribution in [1.29, 1.82) is 0 Å². The van der Waals surface area contributed by atoms with Gasteiger partial charge in [0.1, 0.15) is 17.5 Å². The molecule has 2 unspecified atom stereocenters. The first-order chi connectivity index (χ1) is 17.4. The minimum atomic E-state index is -0.414. The third-order valence-corrected chi connectivity index (χ3v) is 8.21. The first-order valence-corrected chi connectivity index (χ1v) is 13.7. The molecule has 202 valence electrons. The van der Waals surface area contributed by atoms with Gasteiger partial charge in [0.05, 0.1) is 11.3 Å². The van der Waals surface area contributed by atoms with E-state index in [0.29, 0.717) is 12.3 Å². The first-order valence-electron chi connectivity index (χ1n) is 13.7. The SMILES string of the molecule is CCC(C)(C)C(=O)OC(C)(C)C1Cc2ccccc2C1.CCC(C)C(=O)OC1Cc2ccc(O)cc2C1. The molecule has 2 aromatic rings. The average Bonchev–Trinajstić information content (AvgIpc) is 3.47. The van der Waals surface area contributed by atoms with E-state index in [1.807, 2.05) is 54.5 Å². The Labute approximate surface area is 222 Å². The van der Waals surface area contributed by atoms with Gasteiger partial charge in [-0.25, -0.2) is 0 Å². The Kier molecular flexibility index (Phi) is 9.09. The molecule has 2 aromatic carbocycles. The predicted molar refractivity (Wildman–Crippen MR) is 146 cm³/mol. The molecule has 37 heavy (non-hydrogen) atoms. The molecule has 0 fully saturated rings. The molecular weight excluding hydrogens is 464 g/mol. The number of aromatic hydroxyl groups is 1. The van der Waals surface area contributed by atoms with Gasteiger partial charge in [-0.2, -0.15) is 0 Å². The van der Waals surface area contributed by atoms with E-state index in [0.717, 1.165) is 37.7 Å². The Morgan fingerprint density at radius 1 is 0.919 bits per heavy atom.